The van der Waals surface area contributed by atoms with Gasteiger partial charge in [0.15, 0.2) is 0 Å². The molecule has 0 aliphatic heterocycles. The lowest BCUT2D eigenvalue weighted by atomic mass is 10.2. The summed E-state index contributed by atoms with van der Waals surface area (Å²) in [7, 11) is -3.70. The first-order chi connectivity index (χ1) is 9.92. The third-order valence-corrected chi connectivity index (χ3v) is 5.46. The molecule has 110 valence electrons. The predicted molar refractivity (Wildman–Crippen MR) is 81.9 cm³/mol. The minimum absolute atomic E-state index is 0.0300. The molecule has 5 nitrogen and oxygen atoms in total. The van der Waals surface area contributed by atoms with Gasteiger partial charge < -0.3 is 0 Å². The van der Waals surface area contributed by atoms with Crippen LogP contribution in [0.1, 0.15) is 16.3 Å². The van der Waals surface area contributed by atoms with Gasteiger partial charge in [0.1, 0.15) is 4.90 Å². The maximum atomic E-state index is 12.2. The average molecular weight is 342 g/mol. The van der Waals surface area contributed by atoms with Crippen LogP contribution >= 0.6 is 22.9 Å². The third-order valence-electron chi connectivity index (χ3n) is 2.69. The number of nitrogens with zero attached hydrogens (tertiary/aromatic N) is 2. The fourth-order valence-corrected chi connectivity index (χ4v) is 3.92. The quantitative estimate of drug-likeness (QED) is 0.905. The van der Waals surface area contributed by atoms with Crippen molar-refractivity contribution in [1.29, 1.82) is 5.26 Å². The smallest absolute Gasteiger partial charge is 0.242 e. The number of sulfonamides is 1. The Hall–Kier alpha value is -1.46. The molecule has 0 aliphatic carbocycles. The highest BCUT2D eigenvalue weighted by molar-refractivity contribution is 7.89. The first kappa shape index (κ1) is 15.9. The lowest BCUT2D eigenvalue weighted by molar-refractivity contribution is 0.581. The summed E-state index contributed by atoms with van der Waals surface area (Å²) in [5.74, 6) is 0. The molecule has 0 spiro atoms. The molecule has 2 aromatic rings. The molecule has 0 atom stereocenters. The van der Waals surface area contributed by atoms with Crippen LogP contribution in [0.3, 0.4) is 0 Å². The second kappa shape index (κ2) is 6.54. The van der Waals surface area contributed by atoms with E-state index >= 15 is 0 Å². The number of hydrogen-bond donors (Lipinski definition) is 1. The number of thiazole rings is 1. The zero-order valence-electron chi connectivity index (χ0n) is 11.1. The Bertz CT molecular complexity index is 794. The normalized spacial score (nSPS) is 11.3. The number of hydrogen-bond acceptors (Lipinski definition) is 5. The maximum absolute atomic E-state index is 12.2. The Morgan fingerprint density at radius 1 is 1.48 bits per heavy atom. The van der Waals surface area contributed by atoms with Gasteiger partial charge in [0, 0.05) is 18.3 Å². The molecule has 0 saturated heterocycles. The summed E-state index contributed by atoms with van der Waals surface area (Å²) >= 11 is 7.44. The van der Waals surface area contributed by atoms with E-state index in [0.717, 1.165) is 10.7 Å². The Morgan fingerprint density at radius 2 is 2.24 bits per heavy atom. The second-order valence-corrected chi connectivity index (χ2v) is 7.47. The molecule has 8 heteroatoms. The van der Waals surface area contributed by atoms with E-state index < -0.39 is 10.0 Å². The van der Waals surface area contributed by atoms with Crippen LogP contribution < -0.4 is 4.72 Å². The van der Waals surface area contributed by atoms with Crippen LogP contribution in [0.2, 0.25) is 5.02 Å². The largest absolute Gasteiger partial charge is 0.247 e. The first-order valence-electron chi connectivity index (χ1n) is 6.03. The van der Waals surface area contributed by atoms with E-state index in [1.807, 2.05) is 18.4 Å². The van der Waals surface area contributed by atoms with Gasteiger partial charge in [-0.1, -0.05) is 11.6 Å². The summed E-state index contributed by atoms with van der Waals surface area (Å²) in [5, 5.41) is 11.6. The highest BCUT2D eigenvalue weighted by atomic mass is 35.5. The van der Waals surface area contributed by atoms with Crippen LogP contribution in [0.15, 0.2) is 28.5 Å². The fourth-order valence-electron chi connectivity index (χ4n) is 1.70. The number of aromatic nitrogens is 1. The Labute approximate surface area is 132 Å². The number of benzene rings is 1. The van der Waals surface area contributed by atoms with Crippen molar-refractivity contribution in [2.45, 2.75) is 18.2 Å². The molecule has 1 aromatic heterocycles. The maximum Gasteiger partial charge on any atom is 0.242 e. The van der Waals surface area contributed by atoms with Gasteiger partial charge in [-0.2, -0.15) is 5.26 Å². The number of halogens is 1. The summed E-state index contributed by atoms with van der Waals surface area (Å²) in [6, 6.07) is 5.99. The van der Waals surface area contributed by atoms with Crippen molar-refractivity contribution in [3.63, 3.8) is 0 Å². The standard InChI is InChI=1S/C13H12ClN3O2S2/c1-9-17-11(8-20-9)4-5-16-21(18,19)13-3-2-10(7-15)6-12(13)14/h2-3,6,8,16H,4-5H2,1H3. The molecule has 0 amide bonds. The van der Waals surface area contributed by atoms with Crippen molar-refractivity contribution in [2.75, 3.05) is 6.54 Å². The van der Waals surface area contributed by atoms with Gasteiger partial charge in [-0.25, -0.2) is 18.1 Å². The van der Waals surface area contributed by atoms with Gasteiger partial charge in [0.2, 0.25) is 10.0 Å². The predicted octanol–water partition coefficient (Wildman–Crippen LogP) is 2.50. The minimum atomic E-state index is -3.70. The number of aryl methyl sites for hydroxylation is 1. The monoisotopic (exact) mass is 341 g/mol. The van der Waals surface area contributed by atoms with Crippen molar-refractivity contribution in [3.05, 3.63) is 44.9 Å². The lowest BCUT2D eigenvalue weighted by Crippen LogP contribution is -2.26. The average Bonchev–Trinajstić information content (AvgIpc) is 2.83. The first-order valence-corrected chi connectivity index (χ1v) is 8.77. The SMILES string of the molecule is Cc1nc(CCNS(=O)(=O)c2ccc(C#N)cc2Cl)cs1. The molecule has 0 saturated carbocycles. The molecule has 1 aromatic carbocycles. The van der Waals surface area contributed by atoms with Crippen LogP contribution in [0, 0.1) is 18.3 Å². The topological polar surface area (TPSA) is 82.8 Å². The summed E-state index contributed by atoms with van der Waals surface area (Å²) in [4.78, 5) is 4.23. The van der Waals surface area contributed by atoms with E-state index in [-0.39, 0.29) is 16.5 Å². The third kappa shape index (κ3) is 4.02. The molecule has 0 unspecified atom stereocenters. The van der Waals surface area contributed by atoms with Crippen molar-refractivity contribution in [2.24, 2.45) is 0 Å². The molecular formula is C13H12ClN3O2S2. The zero-order valence-corrected chi connectivity index (χ0v) is 13.5. The van der Waals surface area contributed by atoms with Crippen LogP contribution in [-0.4, -0.2) is 19.9 Å². The van der Waals surface area contributed by atoms with Crippen molar-refractivity contribution < 1.29 is 8.42 Å². The Kier molecular flexibility index (Phi) is 4.96. The van der Waals surface area contributed by atoms with Crippen molar-refractivity contribution in [1.82, 2.24) is 9.71 Å². The number of rotatable bonds is 5. The molecule has 0 bridgehead atoms. The van der Waals surface area contributed by atoms with Crippen LogP contribution in [0.25, 0.3) is 0 Å². The lowest BCUT2D eigenvalue weighted by Gasteiger charge is -2.07. The fraction of sp³-hybridized carbons (Fsp3) is 0.231. The summed E-state index contributed by atoms with van der Waals surface area (Å²) in [5.41, 5.74) is 1.17. The van der Waals surface area contributed by atoms with E-state index in [4.69, 9.17) is 16.9 Å². The molecule has 0 fully saturated rings. The van der Waals surface area contributed by atoms with Gasteiger partial charge in [-0.3, -0.25) is 0 Å². The van der Waals surface area contributed by atoms with Gasteiger partial charge in [-0.05, 0) is 25.1 Å². The van der Waals surface area contributed by atoms with Gasteiger partial charge in [0.05, 0.1) is 27.4 Å². The summed E-state index contributed by atoms with van der Waals surface area (Å²) in [6.07, 6.45) is 0.511. The molecule has 0 radical (unpaired) electrons. The Balaban J connectivity index is 2.06. The molecular weight excluding hydrogens is 330 g/mol. The molecule has 1 heterocycles. The van der Waals surface area contributed by atoms with Gasteiger partial charge in [-0.15, -0.1) is 11.3 Å². The van der Waals surface area contributed by atoms with E-state index in [0.29, 0.717) is 12.0 Å². The number of nitrogens with one attached hydrogen (secondary N) is 1. The van der Waals surface area contributed by atoms with Crippen LogP contribution in [-0.2, 0) is 16.4 Å². The van der Waals surface area contributed by atoms with Crippen LogP contribution in [0.4, 0.5) is 0 Å². The molecule has 0 aliphatic rings. The van der Waals surface area contributed by atoms with Crippen molar-refractivity contribution >= 4 is 33.0 Å². The van der Waals surface area contributed by atoms with Crippen molar-refractivity contribution in [3.8, 4) is 6.07 Å². The van der Waals surface area contributed by atoms with Gasteiger partial charge >= 0.3 is 0 Å². The second-order valence-electron chi connectivity index (χ2n) is 4.26. The van der Waals surface area contributed by atoms with E-state index in [2.05, 4.69) is 9.71 Å². The van der Waals surface area contributed by atoms with Crippen LogP contribution in [0.5, 0.6) is 0 Å². The highest BCUT2D eigenvalue weighted by Crippen LogP contribution is 2.22. The highest BCUT2D eigenvalue weighted by Gasteiger charge is 2.17. The molecule has 2 rings (SSSR count). The number of nitriles is 1. The summed E-state index contributed by atoms with van der Waals surface area (Å²) in [6.45, 7) is 2.14. The molecule has 21 heavy (non-hydrogen) atoms. The zero-order chi connectivity index (χ0) is 15.5. The van der Waals surface area contributed by atoms with E-state index in [1.165, 1.54) is 29.5 Å². The van der Waals surface area contributed by atoms with Gasteiger partial charge in [0.25, 0.3) is 0 Å². The Morgan fingerprint density at radius 3 is 2.81 bits per heavy atom. The minimum Gasteiger partial charge on any atom is -0.247 e. The summed E-state index contributed by atoms with van der Waals surface area (Å²) < 4.78 is 26.8. The molecule has 1 N–H and O–H groups in total. The van der Waals surface area contributed by atoms with E-state index in [1.54, 1.807) is 0 Å². The van der Waals surface area contributed by atoms with E-state index in [9.17, 15) is 8.42 Å².